The Morgan fingerprint density at radius 1 is 1.26 bits per heavy atom. The van der Waals surface area contributed by atoms with Gasteiger partial charge < -0.3 is 5.32 Å². The second-order valence-corrected chi connectivity index (χ2v) is 5.17. The van der Waals surface area contributed by atoms with Crippen molar-refractivity contribution >= 4 is 0 Å². The summed E-state index contributed by atoms with van der Waals surface area (Å²) in [4.78, 5) is 0. The van der Waals surface area contributed by atoms with Gasteiger partial charge in [0.05, 0.1) is 11.9 Å². The van der Waals surface area contributed by atoms with Crippen LogP contribution in [0, 0.1) is 18.7 Å². The normalized spacial score (nSPS) is 11.2. The molecule has 0 bridgehead atoms. The van der Waals surface area contributed by atoms with Gasteiger partial charge in [0.15, 0.2) is 0 Å². The van der Waals surface area contributed by atoms with E-state index in [0.29, 0.717) is 5.92 Å². The number of rotatable bonds is 5. The van der Waals surface area contributed by atoms with Crippen LogP contribution in [0.3, 0.4) is 0 Å². The molecule has 0 spiro atoms. The smallest absolute Gasteiger partial charge is 0.123 e. The average molecular weight is 261 g/mol. The molecule has 0 aliphatic heterocycles. The van der Waals surface area contributed by atoms with E-state index in [4.69, 9.17) is 0 Å². The van der Waals surface area contributed by atoms with Gasteiger partial charge in [-0.25, -0.2) is 9.07 Å². The van der Waals surface area contributed by atoms with Crippen LogP contribution in [-0.2, 0) is 6.54 Å². The van der Waals surface area contributed by atoms with E-state index in [9.17, 15) is 4.39 Å². The Balaban J connectivity index is 2.11. The standard InChI is InChI=1S/C15H20FN3/c1-11(2)8-17-9-13-10-18-19(12(13)3)15-6-4-14(16)5-7-15/h4-7,10-11,17H,8-9H2,1-3H3. The SMILES string of the molecule is Cc1c(CNCC(C)C)cnn1-c1ccc(F)cc1. The lowest BCUT2D eigenvalue weighted by Crippen LogP contribution is -2.19. The number of benzene rings is 1. The van der Waals surface area contributed by atoms with Crippen molar-refractivity contribution in [1.82, 2.24) is 15.1 Å². The predicted octanol–water partition coefficient (Wildman–Crippen LogP) is 3.07. The zero-order valence-electron chi connectivity index (χ0n) is 11.7. The number of halogens is 1. The minimum atomic E-state index is -0.229. The molecule has 0 fully saturated rings. The number of nitrogens with one attached hydrogen (secondary N) is 1. The second-order valence-electron chi connectivity index (χ2n) is 5.17. The molecule has 2 rings (SSSR count). The molecule has 102 valence electrons. The third-order valence-electron chi connectivity index (χ3n) is 3.05. The van der Waals surface area contributed by atoms with Crippen LogP contribution in [0.2, 0.25) is 0 Å². The number of nitrogens with zero attached hydrogens (tertiary/aromatic N) is 2. The van der Waals surface area contributed by atoms with Crippen molar-refractivity contribution in [2.75, 3.05) is 6.54 Å². The topological polar surface area (TPSA) is 29.9 Å². The van der Waals surface area contributed by atoms with Crippen LogP contribution in [-0.4, -0.2) is 16.3 Å². The largest absolute Gasteiger partial charge is 0.312 e. The molecule has 0 amide bonds. The van der Waals surface area contributed by atoms with Crippen LogP contribution < -0.4 is 5.32 Å². The first-order valence-corrected chi connectivity index (χ1v) is 6.58. The highest BCUT2D eigenvalue weighted by molar-refractivity contribution is 5.34. The molecule has 19 heavy (non-hydrogen) atoms. The summed E-state index contributed by atoms with van der Waals surface area (Å²) >= 11 is 0. The van der Waals surface area contributed by atoms with Gasteiger partial charge in [-0.2, -0.15) is 5.10 Å². The summed E-state index contributed by atoms with van der Waals surface area (Å²) in [6, 6.07) is 6.38. The maximum absolute atomic E-state index is 12.9. The maximum atomic E-state index is 12.9. The summed E-state index contributed by atoms with van der Waals surface area (Å²) in [6.07, 6.45) is 1.87. The Labute approximate surface area is 113 Å². The van der Waals surface area contributed by atoms with E-state index in [1.54, 1.807) is 12.1 Å². The third-order valence-corrected chi connectivity index (χ3v) is 3.05. The highest BCUT2D eigenvalue weighted by Crippen LogP contribution is 2.14. The van der Waals surface area contributed by atoms with Gasteiger partial charge >= 0.3 is 0 Å². The first-order chi connectivity index (χ1) is 9.08. The highest BCUT2D eigenvalue weighted by atomic mass is 19.1. The van der Waals surface area contributed by atoms with E-state index in [0.717, 1.165) is 24.5 Å². The molecule has 0 aliphatic carbocycles. The van der Waals surface area contributed by atoms with Crippen LogP contribution in [0.4, 0.5) is 4.39 Å². The van der Waals surface area contributed by atoms with Gasteiger partial charge in [-0.15, -0.1) is 0 Å². The summed E-state index contributed by atoms with van der Waals surface area (Å²) in [5.41, 5.74) is 3.14. The fourth-order valence-electron chi connectivity index (χ4n) is 1.96. The molecule has 0 saturated carbocycles. The summed E-state index contributed by atoms with van der Waals surface area (Å²) in [6.45, 7) is 8.19. The monoisotopic (exact) mass is 261 g/mol. The van der Waals surface area contributed by atoms with Crippen molar-refractivity contribution < 1.29 is 4.39 Å². The van der Waals surface area contributed by atoms with Crippen LogP contribution in [0.25, 0.3) is 5.69 Å². The molecular weight excluding hydrogens is 241 g/mol. The van der Waals surface area contributed by atoms with Crippen molar-refractivity contribution in [3.8, 4) is 5.69 Å². The molecule has 2 aromatic rings. The molecule has 0 unspecified atom stereocenters. The second kappa shape index (κ2) is 5.97. The molecule has 0 atom stereocenters. The molecular formula is C15H20FN3. The van der Waals surface area contributed by atoms with E-state index in [1.807, 2.05) is 17.8 Å². The molecule has 1 heterocycles. The zero-order chi connectivity index (χ0) is 13.8. The van der Waals surface area contributed by atoms with Crippen LogP contribution >= 0.6 is 0 Å². The van der Waals surface area contributed by atoms with Gasteiger partial charge in [0.25, 0.3) is 0 Å². The van der Waals surface area contributed by atoms with E-state index >= 15 is 0 Å². The van der Waals surface area contributed by atoms with Crippen molar-refractivity contribution in [3.05, 3.63) is 47.5 Å². The molecule has 1 N–H and O–H groups in total. The van der Waals surface area contributed by atoms with Gasteiger partial charge in [-0.1, -0.05) is 13.8 Å². The van der Waals surface area contributed by atoms with Gasteiger partial charge in [-0.3, -0.25) is 0 Å². The molecule has 4 heteroatoms. The lowest BCUT2D eigenvalue weighted by Gasteiger charge is -2.08. The Bertz CT molecular complexity index is 529. The number of hydrogen-bond acceptors (Lipinski definition) is 2. The first-order valence-electron chi connectivity index (χ1n) is 6.58. The van der Waals surface area contributed by atoms with Crippen LogP contribution in [0.1, 0.15) is 25.1 Å². The number of hydrogen-bond donors (Lipinski definition) is 1. The van der Waals surface area contributed by atoms with Gasteiger partial charge in [0, 0.05) is 17.8 Å². The molecule has 1 aromatic heterocycles. The lowest BCUT2D eigenvalue weighted by molar-refractivity contribution is 0.551. The Kier molecular flexibility index (Phi) is 4.32. The first kappa shape index (κ1) is 13.7. The average Bonchev–Trinajstić information content (AvgIpc) is 2.72. The van der Waals surface area contributed by atoms with Crippen LogP contribution in [0.15, 0.2) is 30.5 Å². The Morgan fingerprint density at radius 3 is 2.58 bits per heavy atom. The minimum Gasteiger partial charge on any atom is -0.312 e. The summed E-state index contributed by atoms with van der Waals surface area (Å²) in [7, 11) is 0. The van der Waals surface area contributed by atoms with E-state index < -0.39 is 0 Å². The fraction of sp³-hybridized carbons (Fsp3) is 0.400. The van der Waals surface area contributed by atoms with E-state index in [-0.39, 0.29) is 5.82 Å². The number of aromatic nitrogens is 2. The Morgan fingerprint density at radius 2 is 1.95 bits per heavy atom. The summed E-state index contributed by atoms with van der Waals surface area (Å²) < 4.78 is 14.7. The summed E-state index contributed by atoms with van der Waals surface area (Å²) in [5.74, 6) is 0.403. The maximum Gasteiger partial charge on any atom is 0.123 e. The van der Waals surface area contributed by atoms with E-state index in [2.05, 4.69) is 24.3 Å². The van der Waals surface area contributed by atoms with Crippen molar-refractivity contribution in [3.63, 3.8) is 0 Å². The lowest BCUT2D eigenvalue weighted by atomic mass is 10.2. The fourth-order valence-corrected chi connectivity index (χ4v) is 1.96. The molecule has 0 saturated heterocycles. The molecule has 0 aliphatic rings. The van der Waals surface area contributed by atoms with Crippen molar-refractivity contribution in [2.24, 2.45) is 5.92 Å². The quantitative estimate of drug-likeness (QED) is 0.896. The minimum absolute atomic E-state index is 0.229. The Hall–Kier alpha value is -1.68. The van der Waals surface area contributed by atoms with Crippen molar-refractivity contribution in [2.45, 2.75) is 27.3 Å². The predicted molar refractivity (Wildman–Crippen MR) is 74.8 cm³/mol. The van der Waals surface area contributed by atoms with Gasteiger partial charge in [-0.05, 0) is 43.7 Å². The highest BCUT2D eigenvalue weighted by Gasteiger charge is 2.08. The third kappa shape index (κ3) is 3.41. The van der Waals surface area contributed by atoms with E-state index in [1.165, 1.54) is 17.7 Å². The molecule has 3 nitrogen and oxygen atoms in total. The molecule has 1 aromatic carbocycles. The van der Waals surface area contributed by atoms with Gasteiger partial charge in [0.1, 0.15) is 5.82 Å². The van der Waals surface area contributed by atoms with Crippen LogP contribution in [0.5, 0.6) is 0 Å². The zero-order valence-corrected chi connectivity index (χ0v) is 11.7. The molecule has 0 radical (unpaired) electrons. The van der Waals surface area contributed by atoms with Crippen molar-refractivity contribution in [1.29, 1.82) is 0 Å². The van der Waals surface area contributed by atoms with Gasteiger partial charge in [0.2, 0.25) is 0 Å². The summed E-state index contributed by atoms with van der Waals surface area (Å²) in [5, 5.41) is 7.77.